The van der Waals surface area contributed by atoms with Crippen LogP contribution in [0.3, 0.4) is 0 Å². The maximum Gasteiger partial charge on any atom is 0.253 e. The average molecular weight is 488 g/mol. The number of anilines is 1. The molecule has 2 N–H and O–H groups in total. The second-order valence-electron chi connectivity index (χ2n) is 8.45. The van der Waals surface area contributed by atoms with Gasteiger partial charge in [0, 0.05) is 17.5 Å². The first kappa shape index (κ1) is 24.3. The lowest BCUT2D eigenvalue weighted by Crippen LogP contribution is -2.35. The Morgan fingerprint density at radius 2 is 1.66 bits per heavy atom. The molecule has 0 spiro atoms. The lowest BCUT2D eigenvalue weighted by molar-refractivity contribution is 0.404. The van der Waals surface area contributed by atoms with E-state index in [9.17, 15) is 4.79 Å². The number of para-hydroxylation sites is 2. The lowest BCUT2D eigenvalue weighted by Gasteiger charge is -2.26. The molecule has 6 nitrogen and oxygen atoms in total. The second-order valence-corrected chi connectivity index (χ2v) is 8.83. The maximum atomic E-state index is 13.1. The van der Waals surface area contributed by atoms with E-state index in [1.165, 1.54) is 0 Å². The van der Waals surface area contributed by atoms with Crippen LogP contribution in [0, 0.1) is 13.8 Å². The minimum absolute atomic E-state index is 0.119. The van der Waals surface area contributed by atoms with Gasteiger partial charge in [-0.3, -0.25) is 4.79 Å². The number of benzene rings is 3. The number of hydrogen-bond acceptors (Lipinski definition) is 4. The normalized spacial score (nSPS) is 10.7. The SMILES string of the molecule is COc1ccc(CN(Cc2cc3c(C)ccc(C)c3[nH]c2=O)C(=S)Nc2ccccc2OC)cc1. The first-order valence-corrected chi connectivity index (χ1v) is 11.7. The molecule has 0 radical (unpaired) electrons. The summed E-state index contributed by atoms with van der Waals surface area (Å²) in [4.78, 5) is 18.1. The van der Waals surface area contributed by atoms with Crippen molar-refractivity contribution in [2.24, 2.45) is 0 Å². The molecule has 4 rings (SSSR count). The van der Waals surface area contributed by atoms with E-state index in [0.717, 1.165) is 39.0 Å². The lowest BCUT2D eigenvalue weighted by atomic mass is 10.0. The van der Waals surface area contributed by atoms with Crippen LogP contribution < -0.4 is 20.3 Å². The van der Waals surface area contributed by atoms with Crippen molar-refractivity contribution in [3.63, 3.8) is 0 Å². The Morgan fingerprint density at radius 3 is 2.37 bits per heavy atom. The molecule has 1 aromatic heterocycles. The van der Waals surface area contributed by atoms with Gasteiger partial charge >= 0.3 is 0 Å². The third-order valence-corrected chi connectivity index (χ3v) is 6.41. The summed E-state index contributed by atoms with van der Waals surface area (Å²) < 4.78 is 10.8. The number of pyridine rings is 1. The summed E-state index contributed by atoms with van der Waals surface area (Å²) in [7, 11) is 3.26. The fourth-order valence-corrected chi connectivity index (χ4v) is 4.27. The number of H-pyrrole nitrogens is 1. The third kappa shape index (κ3) is 5.46. The minimum Gasteiger partial charge on any atom is -0.497 e. The zero-order valence-corrected chi connectivity index (χ0v) is 21.2. The van der Waals surface area contributed by atoms with Gasteiger partial charge in [0.25, 0.3) is 5.56 Å². The van der Waals surface area contributed by atoms with E-state index in [4.69, 9.17) is 21.7 Å². The van der Waals surface area contributed by atoms with Crippen molar-refractivity contribution in [2.75, 3.05) is 19.5 Å². The van der Waals surface area contributed by atoms with Crippen molar-refractivity contribution in [3.8, 4) is 11.5 Å². The van der Waals surface area contributed by atoms with Crippen LogP contribution in [-0.4, -0.2) is 29.2 Å². The fraction of sp³-hybridized carbons (Fsp3) is 0.214. The number of nitrogens with zero attached hydrogens (tertiary/aromatic N) is 1. The maximum absolute atomic E-state index is 13.1. The summed E-state index contributed by atoms with van der Waals surface area (Å²) >= 11 is 5.82. The smallest absolute Gasteiger partial charge is 0.253 e. The summed E-state index contributed by atoms with van der Waals surface area (Å²) in [5.41, 5.74) is 5.35. The molecule has 180 valence electrons. The Balaban J connectivity index is 1.69. The van der Waals surface area contributed by atoms with Crippen LogP contribution >= 0.6 is 12.2 Å². The predicted octanol–water partition coefficient (Wildman–Crippen LogP) is 5.56. The van der Waals surface area contributed by atoms with Gasteiger partial charge in [-0.15, -0.1) is 0 Å². The van der Waals surface area contributed by atoms with Gasteiger partial charge in [0.1, 0.15) is 11.5 Å². The summed E-state index contributed by atoms with van der Waals surface area (Å²) in [6.45, 7) is 4.90. The summed E-state index contributed by atoms with van der Waals surface area (Å²) in [5, 5.41) is 4.82. The van der Waals surface area contributed by atoms with Gasteiger partial charge in [0.2, 0.25) is 0 Å². The van der Waals surface area contributed by atoms with Crippen LogP contribution in [0.5, 0.6) is 11.5 Å². The van der Waals surface area contributed by atoms with Crippen molar-refractivity contribution in [3.05, 3.63) is 99.3 Å². The van der Waals surface area contributed by atoms with Crippen LogP contribution in [0.4, 0.5) is 5.69 Å². The number of thiocarbonyl (C=S) groups is 1. The number of hydrogen-bond donors (Lipinski definition) is 2. The third-order valence-electron chi connectivity index (χ3n) is 6.05. The Bertz CT molecular complexity index is 1410. The van der Waals surface area contributed by atoms with E-state index < -0.39 is 0 Å². The van der Waals surface area contributed by atoms with Crippen molar-refractivity contribution in [2.45, 2.75) is 26.9 Å². The van der Waals surface area contributed by atoms with E-state index in [-0.39, 0.29) is 5.56 Å². The van der Waals surface area contributed by atoms with Crippen molar-refractivity contribution >= 4 is 33.9 Å². The number of aryl methyl sites for hydroxylation is 2. The highest BCUT2D eigenvalue weighted by Crippen LogP contribution is 2.25. The standard InChI is InChI=1S/C28H29N3O3S/c1-18-9-10-19(2)26-23(18)15-21(27(32)30-26)17-31(16-20-11-13-22(33-3)14-12-20)28(35)29-24-7-5-6-8-25(24)34-4/h5-15H,16-17H2,1-4H3,(H,29,35)(H,30,32). The van der Waals surface area contributed by atoms with E-state index in [0.29, 0.717) is 29.5 Å². The van der Waals surface area contributed by atoms with E-state index in [2.05, 4.69) is 16.4 Å². The number of methoxy groups -OCH3 is 2. The predicted molar refractivity (Wildman–Crippen MR) is 145 cm³/mol. The Hall–Kier alpha value is -3.84. The fourth-order valence-electron chi connectivity index (χ4n) is 4.03. The molecule has 0 saturated carbocycles. The number of fused-ring (bicyclic) bond motifs is 1. The van der Waals surface area contributed by atoms with Gasteiger partial charge in [-0.1, -0.05) is 36.4 Å². The van der Waals surface area contributed by atoms with Gasteiger partial charge in [0.15, 0.2) is 5.11 Å². The van der Waals surface area contributed by atoms with Gasteiger partial charge in [0.05, 0.1) is 32.0 Å². The molecule has 0 aliphatic heterocycles. The molecule has 0 aliphatic rings. The van der Waals surface area contributed by atoms with E-state index in [1.807, 2.05) is 79.4 Å². The molecule has 0 saturated heterocycles. The Morgan fingerprint density at radius 1 is 0.943 bits per heavy atom. The quantitative estimate of drug-likeness (QED) is 0.333. The highest BCUT2D eigenvalue weighted by atomic mass is 32.1. The van der Waals surface area contributed by atoms with Gasteiger partial charge in [-0.25, -0.2) is 0 Å². The molecule has 35 heavy (non-hydrogen) atoms. The second kappa shape index (κ2) is 10.6. The molecule has 3 aromatic carbocycles. The van der Waals surface area contributed by atoms with Gasteiger partial charge in [-0.2, -0.15) is 0 Å². The Labute approximate surface area is 210 Å². The molecule has 0 unspecified atom stereocenters. The molecule has 0 bridgehead atoms. The summed E-state index contributed by atoms with van der Waals surface area (Å²) in [5.74, 6) is 1.47. The number of ether oxygens (including phenoxy) is 2. The average Bonchev–Trinajstić information content (AvgIpc) is 2.87. The number of rotatable bonds is 7. The molecular formula is C28H29N3O3S. The number of aromatic nitrogens is 1. The zero-order valence-electron chi connectivity index (χ0n) is 20.3. The van der Waals surface area contributed by atoms with Crippen molar-refractivity contribution in [1.29, 1.82) is 0 Å². The highest BCUT2D eigenvalue weighted by Gasteiger charge is 2.16. The summed E-state index contributed by atoms with van der Waals surface area (Å²) in [6, 6.07) is 21.5. The van der Waals surface area contributed by atoms with Crippen LogP contribution in [0.25, 0.3) is 10.9 Å². The highest BCUT2D eigenvalue weighted by molar-refractivity contribution is 7.80. The summed E-state index contributed by atoms with van der Waals surface area (Å²) in [6.07, 6.45) is 0. The van der Waals surface area contributed by atoms with Crippen molar-refractivity contribution in [1.82, 2.24) is 9.88 Å². The zero-order chi connectivity index (χ0) is 24.9. The van der Waals surface area contributed by atoms with Crippen LogP contribution in [-0.2, 0) is 13.1 Å². The molecule has 0 aliphatic carbocycles. The minimum atomic E-state index is -0.119. The molecule has 0 amide bonds. The van der Waals surface area contributed by atoms with Crippen molar-refractivity contribution < 1.29 is 9.47 Å². The molecule has 4 aromatic rings. The van der Waals surface area contributed by atoms with Crippen LogP contribution in [0.15, 0.2) is 71.5 Å². The monoisotopic (exact) mass is 487 g/mol. The van der Waals surface area contributed by atoms with Crippen LogP contribution in [0.1, 0.15) is 22.3 Å². The first-order chi connectivity index (χ1) is 16.9. The molecule has 7 heteroatoms. The largest absolute Gasteiger partial charge is 0.497 e. The van der Waals surface area contributed by atoms with E-state index in [1.54, 1.807) is 14.2 Å². The van der Waals surface area contributed by atoms with E-state index >= 15 is 0 Å². The van der Waals surface area contributed by atoms with Gasteiger partial charge < -0.3 is 24.7 Å². The number of aromatic amines is 1. The molecule has 0 fully saturated rings. The van der Waals surface area contributed by atoms with Crippen LogP contribution in [0.2, 0.25) is 0 Å². The first-order valence-electron chi connectivity index (χ1n) is 11.3. The molecule has 0 atom stereocenters. The molecular weight excluding hydrogens is 458 g/mol. The number of nitrogens with one attached hydrogen (secondary N) is 2. The van der Waals surface area contributed by atoms with Gasteiger partial charge in [-0.05, 0) is 73.1 Å². The Kier molecular flexibility index (Phi) is 7.36. The topological polar surface area (TPSA) is 66.6 Å². The molecule has 1 heterocycles.